The number of fused-ring (bicyclic) bond motifs is 5. The maximum absolute atomic E-state index is 14.5. The monoisotopic (exact) mass is 436 g/mol. The van der Waals surface area contributed by atoms with Crippen molar-refractivity contribution in [3.63, 3.8) is 0 Å². The Bertz CT molecular complexity index is 756. The Morgan fingerprint density at radius 3 is 2.74 bits per heavy atom. The number of hydrogen-bond acceptors (Lipinski definition) is 6. The Morgan fingerprint density at radius 1 is 1.23 bits per heavy atom. The van der Waals surface area contributed by atoms with E-state index in [-0.39, 0.29) is 59.9 Å². The quantitative estimate of drug-likeness (QED) is 0.592. The van der Waals surface area contributed by atoms with Crippen molar-refractivity contribution in [2.45, 2.75) is 77.2 Å². The number of ketones is 1. The molecule has 5 aliphatic rings. The van der Waals surface area contributed by atoms with Gasteiger partial charge >= 0.3 is 0 Å². The lowest BCUT2D eigenvalue weighted by atomic mass is 9.42. The molecule has 7 heteroatoms. The number of Topliss-reactive ketones (excluding diaryl/α,β-unsaturated/α-hetero) is 1. The van der Waals surface area contributed by atoms with Crippen molar-refractivity contribution in [3.8, 4) is 0 Å². The van der Waals surface area contributed by atoms with Crippen molar-refractivity contribution in [2.75, 3.05) is 19.7 Å². The average Bonchev–Trinajstić information content (AvgIpc) is 3.35. The number of carbonyl (C=O) groups is 1. The SMILES string of the molecule is C[C@]12CC/C(=N\OC3CCNC3)CC1[C@@H](CO)[C@H](O)C1C2CC[C@]2(C)C(=O)C(F)CC12. The summed E-state index contributed by atoms with van der Waals surface area (Å²) in [4.78, 5) is 18.4. The molecular weight excluding hydrogens is 399 g/mol. The summed E-state index contributed by atoms with van der Waals surface area (Å²) >= 11 is 0. The van der Waals surface area contributed by atoms with Crippen LogP contribution in [0.3, 0.4) is 0 Å². The minimum atomic E-state index is -1.41. The van der Waals surface area contributed by atoms with E-state index >= 15 is 0 Å². The Kier molecular flexibility index (Phi) is 5.46. The highest BCUT2D eigenvalue weighted by atomic mass is 19.1. The van der Waals surface area contributed by atoms with Crippen molar-refractivity contribution in [1.82, 2.24) is 5.32 Å². The van der Waals surface area contributed by atoms with Gasteiger partial charge in [0.1, 0.15) is 6.10 Å². The van der Waals surface area contributed by atoms with E-state index < -0.39 is 17.7 Å². The first-order valence-electron chi connectivity index (χ1n) is 12.2. The molecule has 0 aromatic carbocycles. The van der Waals surface area contributed by atoms with Crippen LogP contribution in [0, 0.1) is 40.4 Å². The highest BCUT2D eigenvalue weighted by molar-refractivity contribution is 5.91. The third kappa shape index (κ3) is 3.21. The molecule has 1 saturated heterocycles. The highest BCUT2D eigenvalue weighted by Crippen LogP contribution is 2.66. The summed E-state index contributed by atoms with van der Waals surface area (Å²) in [5, 5.41) is 29.6. The summed E-state index contributed by atoms with van der Waals surface area (Å²) in [5.41, 5.74) is 0.304. The molecule has 4 saturated carbocycles. The second-order valence-corrected chi connectivity index (χ2v) is 11.3. The van der Waals surface area contributed by atoms with Crippen molar-refractivity contribution >= 4 is 11.5 Å². The summed E-state index contributed by atoms with van der Waals surface area (Å²) in [6.07, 6.45) is 3.26. The fraction of sp³-hybridized carbons (Fsp3) is 0.917. The number of carbonyl (C=O) groups excluding carboxylic acids is 1. The summed E-state index contributed by atoms with van der Waals surface area (Å²) in [5.74, 6) is -0.444. The summed E-state index contributed by atoms with van der Waals surface area (Å²) < 4.78 is 14.5. The number of aliphatic hydroxyl groups excluding tert-OH is 2. The van der Waals surface area contributed by atoms with Crippen LogP contribution in [0.15, 0.2) is 5.16 Å². The molecule has 5 rings (SSSR count). The first kappa shape index (κ1) is 21.8. The van der Waals surface area contributed by atoms with E-state index in [9.17, 15) is 19.4 Å². The molecule has 0 aromatic heterocycles. The molecule has 3 N–H and O–H groups in total. The summed E-state index contributed by atoms with van der Waals surface area (Å²) in [6, 6.07) is 0. The summed E-state index contributed by atoms with van der Waals surface area (Å²) in [6.45, 7) is 5.90. The zero-order valence-electron chi connectivity index (χ0n) is 18.7. The first-order valence-corrected chi connectivity index (χ1v) is 12.2. The summed E-state index contributed by atoms with van der Waals surface area (Å²) in [7, 11) is 0. The molecule has 5 fully saturated rings. The van der Waals surface area contributed by atoms with E-state index in [1.54, 1.807) is 0 Å². The lowest BCUT2D eigenvalue weighted by Crippen LogP contribution is -2.62. The number of aliphatic hydroxyl groups is 2. The van der Waals surface area contributed by atoms with Gasteiger partial charge in [0, 0.05) is 30.9 Å². The number of rotatable bonds is 3. The van der Waals surface area contributed by atoms with Crippen LogP contribution in [0.2, 0.25) is 0 Å². The highest BCUT2D eigenvalue weighted by Gasteiger charge is 2.66. The van der Waals surface area contributed by atoms with E-state index in [4.69, 9.17) is 4.84 Å². The van der Waals surface area contributed by atoms with Crippen LogP contribution in [0.1, 0.15) is 58.8 Å². The molecule has 0 radical (unpaired) electrons. The van der Waals surface area contributed by atoms with E-state index in [0.29, 0.717) is 6.42 Å². The van der Waals surface area contributed by atoms with Gasteiger partial charge in [-0.15, -0.1) is 0 Å². The average molecular weight is 437 g/mol. The van der Waals surface area contributed by atoms with Crippen LogP contribution >= 0.6 is 0 Å². The van der Waals surface area contributed by atoms with Gasteiger partial charge in [0.25, 0.3) is 0 Å². The molecule has 0 aromatic rings. The Hall–Kier alpha value is -1.05. The third-order valence-corrected chi connectivity index (χ3v) is 10.0. The third-order valence-electron chi connectivity index (χ3n) is 10.0. The number of nitrogens with one attached hydrogen (secondary N) is 1. The number of halogens is 1. The number of alkyl halides is 1. The largest absolute Gasteiger partial charge is 0.396 e. The number of hydrogen-bond donors (Lipinski definition) is 3. The molecule has 0 spiro atoms. The molecule has 0 bridgehead atoms. The predicted molar refractivity (Wildman–Crippen MR) is 114 cm³/mol. The van der Waals surface area contributed by atoms with Crippen LogP contribution in [0.4, 0.5) is 4.39 Å². The minimum Gasteiger partial charge on any atom is -0.396 e. The van der Waals surface area contributed by atoms with Crippen molar-refractivity contribution in [3.05, 3.63) is 0 Å². The topological polar surface area (TPSA) is 91.2 Å². The van der Waals surface area contributed by atoms with Crippen LogP contribution < -0.4 is 5.32 Å². The molecular formula is C24H37FN2O4. The van der Waals surface area contributed by atoms with Crippen LogP contribution in [-0.4, -0.2) is 59.8 Å². The van der Waals surface area contributed by atoms with Crippen molar-refractivity contribution in [1.29, 1.82) is 0 Å². The maximum atomic E-state index is 14.5. The predicted octanol–water partition coefficient (Wildman–Crippen LogP) is 2.47. The van der Waals surface area contributed by atoms with Crippen LogP contribution in [-0.2, 0) is 9.63 Å². The van der Waals surface area contributed by atoms with Crippen molar-refractivity contribution in [2.24, 2.45) is 45.6 Å². The zero-order valence-corrected chi connectivity index (χ0v) is 18.7. The molecule has 10 atom stereocenters. The normalized spacial score (nSPS) is 53.2. The molecule has 1 heterocycles. The van der Waals surface area contributed by atoms with E-state index in [1.165, 1.54) is 0 Å². The Balaban J connectivity index is 1.42. The zero-order chi connectivity index (χ0) is 22.0. The standard InChI is InChI=1S/C24H37FN2O4/c1-23-6-3-13(27-31-14-5-8-26-11-14)9-17(23)15(12-28)21(29)20-16(23)4-7-24(2)18(20)10-19(25)22(24)30/h14-21,26,28-29H,3-12H2,1-2H3/b27-13+/t14?,15-,16?,17?,18?,19?,20?,21+,23-,24+/m1/s1. The van der Waals surface area contributed by atoms with Gasteiger partial charge in [-0.2, -0.15) is 0 Å². The number of oxime groups is 1. The smallest absolute Gasteiger partial charge is 0.173 e. The number of nitrogens with zero attached hydrogens (tertiary/aromatic N) is 1. The molecule has 31 heavy (non-hydrogen) atoms. The van der Waals surface area contributed by atoms with Crippen molar-refractivity contribution < 1.29 is 24.2 Å². The van der Waals surface area contributed by atoms with Gasteiger partial charge in [-0.1, -0.05) is 19.0 Å². The van der Waals surface area contributed by atoms with Gasteiger partial charge in [0.2, 0.25) is 0 Å². The Morgan fingerprint density at radius 2 is 2.03 bits per heavy atom. The molecule has 6 nitrogen and oxygen atoms in total. The molecule has 4 aliphatic carbocycles. The molecule has 1 aliphatic heterocycles. The van der Waals surface area contributed by atoms with Gasteiger partial charge in [0.05, 0.1) is 11.8 Å². The molecule has 174 valence electrons. The fourth-order valence-electron chi connectivity index (χ4n) is 8.19. The van der Waals surface area contributed by atoms with Crippen LogP contribution in [0.5, 0.6) is 0 Å². The van der Waals surface area contributed by atoms with E-state index in [0.717, 1.165) is 50.9 Å². The van der Waals surface area contributed by atoms with Gasteiger partial charge in [0.15, 0.2) is 12.0 Å². The lowest BCUT2D eigenvalue weighted by Gasteiger charge is -2.63. The van der Waals surface area contributed by atoms with Gasteiger partial charge in [-0.05, 0) is 74.2 Å². The van der Waals surface area contributed by atoms with Gasteiger partial charge in [-0.3, -0.25) is 4.79 Å². The Labute approximate surface area is 184 Å². The van der Waals surface area contributed by atoms with E-state index in [2.05, 4.69) is 17.4 Å². The first-order chi connectivity index (χ1) is 14.8. The van der Waals surface area contributed by atoms with Crippen LogP contribution in [0.25, 0.3) is 0 Å². The second kappa shape index (κ2) is 7.77. The van der Waals surface area contributed by atoms with Gasteiger partial charge in [-0.25, -0.2) is 4.39 Å². The molecule has 6 unspecified atom stereocenters. The fourth-order valence-corrected chi connectivity index (χ4v) is 8.19. The molecule has 0 amide bonds. The lowest BCUT2D eigenvalue weighted by molar-refractivity contribution is -0.188. The second-order valence-electron chi connectivity index (χ2n) is 11.3. The van der Waals surface area contributed by atoms with Gasteiger partial charge < -0.3 is 20.4 Å². The maximum Gasteiger partial charge on any atom is 0.173 e. The minimum absolute atomic E-state index is 0.0516. The van der Waals surface area contributed by atoms with E-state index in [1.807, 2.05) is 6.92 Å².